The van der Waals surface area contributed by atoms with Crippen molar-refractivity contribution in [2.45, 2.75) is 136 Å². The molecule has 12 aromatic carbocycles. The van der Waals surface area contributed by atoms with Crippen LogP contribution in [0.2, 0.25) is 0 Å². The number of aliphatic carboxylic acids is 2. The molecule has 0 spiro atoms. The number of halogens is 10. The van der Waals surface area contributed by atoms with E-state index >= 15 is 0 Å². The second kappa shape index (κ2) is 79.8. The number of ether oxygens (including phenoxy) is 1. The largest absolute Gasteiger partial charge is 1.00 e. The molecule has 0 fully saturated rings. The molecule has 2 unspecified atom stereocenters. The van der Waals surface area contributed by atoms with Crippen molar-refractivity contribution < 1.29 is 65.0 Å². The maximum Gasteiger partial charge on any atom is 1.00 e. The van der Waals surface area contributed by atoms with E-state index in [4.69, 9.17) is 106 Å². The molecule has 0 saturated carbocycles. The van der Waals surface area contributed by atoms with Crippen LogP contribution < -0.4 is 45.3 Å². The predicted octanol–water partition coefficient (Wildman–Crippen LogP) is 23.0. The number of benzene rings is 12. The number of carboxylic acids is 2. The van der Waals surface area contributed by atoms with E-state index in [0.29, 0.717) is 37.1 Å². The molecule has 13 nitrogen and oxygen atoms in total. The molecule has 0 aliphatic heterocycles. The van der Waals surface area contributed by atoms with Crippen LogP contribution in [-0.2, 0) is 72.1 Å². The molecule has 0 radical (unpaired) electrons. The Labute approximate surface area is 865 Å². The smallest absolute Gasteiger partial charge is 1.00 e. The quantitative estimate of drug-likeness (QED) is 0.00858. The van der Waals surface area contributed by atoms with Crippen molar-refractivity contribution in [3.05, 3.63) is 412 Å². The van der Waals surface area contributed by atoms with E-state index in [1.54, 1.807) is 12.1 Å². The number of Topliss-reactive ketones (excluding diaryl/α,β-unsaturated/α-hetero) is 1. The average molecular weight is 2160 g/mol. The van der Waals surface area contributed by atoms with Crippen LogP contribution >= 0.6 is 128 Å². The third kappa shape index (κ3) is 52.5. The molecule has 4 aliphatic carbocycles. The van der Waals surface area contributed by atoms with E-state index in [1.165, 1.54) is 66.0 Å². The number of rotatable bonds is 17. The van der Waals surface area contributed by atoms with E-state index in [2.05, 4.69) is 233 Å². The maximum atomic E-state index is 11.1. The van der Waals surface area contributed by atoms with Crippen molar-refractivity contribution in [1.82, 2.24) is 4.84 Å². The van der Waals surface area contributed by atoms with E-state index in [0.717, 1.165) is 118 Å². The minimum Gasteiger partial charge on any atom is -1.00 e. The van der Waals surface area contributed by atoms with Gasteiger partial charge in [-0.05, 0) is 157 Å². The van der Waals surface area contributed by atoms with Crippen LogP contribution in [0.5, 0.6) is 0 Å². The summed E-state index contributed by atoms with van der Waals surface area (Å²) in [5, 5.41) is 57.4. The number of nitrogens with one attached hydrogen (secondary N) is 1. The number of nitriles is 1. The van der Waals surface area contributed by atoms with Gasteiger partial charge in [0.1, 0.15) is 0 Å². The van der Waals surface area contributed by atoms with Gasteiger partial charge >= 0.3 is 184 Å². The molecular formula is C104H126Al2Br3Cl7LiN4O9P. The summed E-state index contributed by atoms with van der Waals surface area (Å²) in [4.78, 5) is 34.2. The Morgan fingerprint density at radius 2 is 0.832 bits per heavy atom. The molecule has 2 atom stereocenters. The van der Waals surface area contributed by atoms with Gasteiger partial charge in [-0.25, -0.2) is 35.0 Å². The Balaban J connectivity index is -0.00000138. The molecule has 8 N–H and O–H groups in total. The van der Waals surface area contributed by atoms with Gasteiger partial charge in [-0.15, -0.1) is 35.6 Å². The van der Waals surface area contributed by atoms with Gasteiger partial charge in [-0.2, -0.15) is 5.26 Å². The Kier molecular flexibility index (Phi) is 77.1. The molecule has 27 heteroatoms. The number of carbonyl (C=O) groups excluding carboxylic acids is 1. The summed E-state index contributed by atoms with van der Waals surface area (Å²) in [6.07, 6.45) is 12.4. The topological polar surface area (TPSA) is 236 Å². The summed E-state index contributed by atoms with van der Waals surface area (Å²) in [5.41, 5.74) is 22.6. The number of aliphatic hydroxyl groups is 2. The summed E-state index contributed by atoms with van der Waals surface area (Å²) in [6.45, 7) is 9.91. The zero-order chi connectivity index (χ0) is 94.3. The fourth-order valence-corrected chi connectivity index (χ4v) is 20.8. The number of hydrogen-bond acceptors (Lipinski definition) is 11. The second-order valence-electron chi connectivity index (χ2n) is 27.5. The minimum atomic E-state index is -2.75. The molecule has 0 heterocycles. The number of alkyl halides is 3. The zero-order valence-corrected chi connectivity index (χ0v) is 87.0. The SMILES string of the molecule is BrCCc1ccccc1.BrP(Br)(c1ccccc1)(c1ccccc1)c1ccccc1.CC.CCOCC.CO.Cl.ClCCl.ClNC1CCc2ccccc21.N#[13C]CCc1ccccc1.NC1CCc2ccccc21.O/N=C1\CCc2ccccc21.O=C1CCc2ccccc21.O=[13C](O)CCc1ccccc1.O=[13C](O)Cc1ccccc1.OCCc1ccccc1.[AlH3].[Cl][Al]([Cl])[Cl].[H-].[Li+]. The number of fused-ring (bicyclic) bond motifs is 4. The molecule has 698 valence electrons. The Bertz CT molecular complexity index is 4820. The number of oxime groups is 1. The molecule has 0 bridgehead atoms. The normalized spacial score (nSPS) is 12.7. The van der Waals surface area contributed by atoms with Crippen LogP contribution in [0.3, 0.4) is 0 Å². The zero-order valence-electron chi connectivity index (χ0n) is 75.8. The molecular weight excluding hydrogens is 2030 g/mol. The van der Waals surface area contributed by atoms with Gasteiger partial charge in [0.25, 0.3) is 0 Å². The van der Waals surface area contributed by atoms with E-state index in [-0.39, 0.29) is 74.8 Å². The van der Waals surface area contributed by atoms with Gasteiger partial charge in [-0.1, -0.05) is 284 Å². The first-order valence-corrected chi connectivity index (χ1v) is 56.3. The van der Waals surface area contributed by atoms with Crippen LogP contribution in [0.4, 0.5) is 0 Å². The van der Waals surface area contributed by atoms with Crippen molar-refractivity contribution >= 4 is 197 Å². The molecule has 0 saturated heterocycles. The standard InChI is InChI=1S/C18H15Br2P.C9H10ClN.C9H9NO.C9H11N.C9H9N.C9H10O2.C9H8O.C8H9Br.C8H8O2.C8H10O.C4H10O.C2H6.CH2Cl2.CH4O.2Al.4ClH.Li.4H/c19-21(20,16-10-4-1-5-11-16,17-12-6-2-7-13-17)18-14-8-3-9-15-18;10-11-9-6-5-7-3-1-2-4-8(7)9;11-10-9-6-5-7-3-1-2-4-8(7)9;10-9-6-5-7-3-1-2-4-8(7)9;10-8-4-7-9-5-2-1-3-6-9;10-9(11)7-6-8-4-2-1-3-5-8;10-9-6-5-7-3-1-2-4-8(7)9;9-7-6-8-4-2-1-3-5-8;9-8(10)6-7-4-2-1-3-5-7;9-7-6-8-4-2-1-3-5-8;1-3-5-4-2;1-2;2-1-3;1-2;;;;;;;;;;;/h1-15H;1-4,9,11H,5-6H2;1-4,11H,5-6H2;1-4,9H,5-6,10H2;1-3,5-6H,4,7H2;1-5H,6-7H2,(H,10,11);1-4H,5-6H2;1-5H,6-7H2;1-5H,6H2,(H,9,10);1-5,9H,6-7H2;3-4H2,1-2H3;1-2H3;1H2;2H,1H3;;;4*1H;;;;;/q;;;;;;;;;;;;;;;+3;;;;;+1;;;;-1/p-3/b;;10-9+;;;;;;;;;;;;;;;;;;;;;;/i;;;;8+1;9+1;;;8+1;;;;;;;;;;;;;;;;. The van der Waals surface area contributed by atoms with Crippen LogP contribution in [0.25, 0.3) is 0 Å². The summed E-state index contributed by atoms with van der Waals surface area (Å²) < 4.78 is 2.08. The van der Waals surface area contributed by atoms with E-state index in [1.807, 2.05) is 185 Å². The average Bonchev–Trinajstić information content (AvgIpc) is 1.06. The number of carbonyl (C=O) groups is 3. The molecule has 0 amide bonds. The van der Waals surface area contributed by atoms with Crippen LogP contribution in [0, 0.1) is 11.3 Å². The Hall–Kier alpha value is -6.43. The first-order chi connectivity index (χ1) is 62.1. The van der Waals surface area contributed by atoms with Gasteiger partial charge in [-0.3, -0.25) is 14.4 Å². The molecule has 16 rings (SSSR count). The van der Waals surface area contributed by atoms with Gasteiger partial charge < -0.3 is 37.5 Å². The number of nitrogens with zero attached hydrogens (tertiary/aromatic N) is 2. The maximum absolute atomic E-state index is 11.1. The molecule has 0 aromatic heterocycles. The van der Waals surface area contributed by atoms with Crippen LogP contribution in [0.15, 0.2) is 345 Å². The first-order valence-electron chi connectivity index (χ1n) is 42.2. The van der Waals surface area contributed by atoms with Crippen molar-refractivity contribution in [1.29, 1.82) is 5.26 Å². The molecule has 4 aliphatic rings. The fourth-order valence-electron chi connectivity index (χ4n) is 12.9. The summed E-state index contributed by atoms with van der Waals surface area (Å²) in [6, 6.07) is 117. The number of aliphatic hydroxyl groups excluding tert-OH is 2. The number of carboxylic acid groups (broad SMARTS) is 2. The minimum absolute atomic E-state index is 0. The fraction of sp³-hybridized carbons (Fsp3) is 0.260. The van der Waals surface area contributed by atoms with Gasteiger partial charge in [0.05, 0.1) is 23.5 Å². The monoisotopic (exact) mass is 2150 g/mol. The van der Waals surface area contributed by atoms with E-state index in [9.17, 15) is 14.4 Å². The second-order valence-corrected chi connectivity index (χ2v) is 50.5. The van der Waals surface area contributed by atoms with Gasteiger partial charge in [0.2, 0.25) is 0 Å². The van der Waals surface area contributed by atoms with Crippen molar-refractivity contribution in [2.24, 2.45) is 10.9 Å². The summed E-state index contributed by atoms with van der Waals surface area (Å²) in [5.74, 6) is -1.23. The molecule has 12 aromatic rings. The number of ketones is 1. The first kappa shape index (κ1) is 127. The van der Waals surface area contributed by atoms with Gasteiger partial charge in [0.15, 0.2) is 23.1 Å². The van der Waals surface area contributed by atoms with Crippen molar-refractivity contribution in [2.75, 3.05) is 37.6 Å². The Morgan fingerprint density at radius 3 is 1.19 bits per heavy atom. The van der Waals surface area contributed by atoms with Crippen molar-refractivity contribution in [3.63, 3.8) is 0 Å². The Morgan fingerprint density at radius 1 is 0.504 bits per heavy atom. The number of hydrogen-bond donors (Lipinski definition) is 7. The van der Waals surface area contributed by atoms with Crippen LogP contribution in [-0.4, -0.2) is 115 Å². The summed E-state index contributed by atoms with van der Waals surface area (Å²) >= 11 is 25.1. The predicted molar refractivity (Wildman–Crippen MR) is 575 cm³/mol. The van der Waals surface area contributed by atoms with Crippen LogP contribution in [0.1, 0.15) is 157 Å². The third-order valence-corrected chi connectivity index (χ3v) is 30.7. The van der Waals surface area contributed by atoms with Crippen molar-refractivity contribution in [3.8, 4) is 6.07 Å². The van der Waals surface area contributed by atoms with E-state index < -0.39 is 27.3 Å². The number of nitrogens with two attached hydrogens (primary N) is 1. The summed E-state index contributed by atoms with van der Waals surface area (Å²) in [7, 11) is 15.8. The number of aryl methyl sites for hydroxylation is 7. The van der Waals surface area contributed by atoms with Gasteiger partial charge in [0, 0.05) is 74.7 Å². The molecule has 131 heavy (non-hydrogen) atoms. The third-order valence-electron chi connectivity index (χ3n) is 19.0.